The van der Waals surface area contributed by atoms with Crippen LogP contribution in [0.15, 0.2) is 12.3 Å². The molecule has 2 heterocycles. The van der Waals surface area contributed by atoms with E-state index in [-0.39, 0.29) is 0 Å². The number of nitrogens with one attached hydrogen (secondary N) is 1. The minimum absolute atomic E-state index is 0.618. The van der Waals surface area contributed by atoms with Crippen molar-refractivity contribution in [3.63, 3.8) is 0 Å². The lowest BCUT2D eigenvalue weighted by Gasteiger charge is -2.04. The van der Waals surface area contributed by atoms with Gasteiger partial charge in [-0.2, -0.15) is 0 Å². The number of halogens is 1. The van der Waals surface area contributed by atoms with Gasteiger partial charge in [-0.1, -0.05) is 22.9 Å². The molecule has 6 heteroatoms. The van der Waals surface area contributed by atoms with Crippen LogP contribution in [0.1, 0.15) is 12.6 Å². The average molecular weight is 255 g/mol. The third kappa shape index (κ3) is 2.48. The van der Waals surface area contributed by atoms with E-state index in [0.717, 1.165) is 23.1 Å². The second-order valence-corrected chi connectivity index (χ2v) is 4.88. The summed E-state index contributed by atoms with van der Waals surface area (Å²) in [6, 6.07) is 1.90. The topological polar surface area (TPSA) is 50.7 Å². The van der Waals surface area contributed by atoms with Crippen LogP contribution in [-0.2, 0) is 0 Å². The molecule has 0 saturated heterocycles. The molecule has 0 aliphatic carbocycles. The van der Waals surface area contributed by atoms with Gasteiger partial charge >= 0.3 is 0 Å². The fourth-order valence-electron chi connectivity index (χ4n) is 1.29. The lowest BCUT2D eigenvalue weighted by molar-refractivity contribution is 1.07. The highest BCUT2D eigenvalue weighted by Gasteiger charge is 2.08. The summed E-state index contributed by atoms with van der Waals surface area (Å²) in [5, 5.41) is 3.90. The molecule has 0 unspecified atom stereocenters. The molecule has 0 saturated carbocycles. The van der Waals surface area contributed by atoms with Crippen LogP contribution < -0.4 is 5.32 Å². The van der Waals surface area contributed by atoms with E-state index in [2.05, 4.69) is 20.3 Å². The number of nitrogens with zero attached hydrogens (tertiary/aromatic N) is 3. The van der Waals surface area contributed by atoms with E-state index in [9.17, 15) is 0 Å². The van der Waals surface area contributed by atoms with E-state index in [1.54, 1.807) is 6.20 Å². The summed E-state index contributed by atoms with van der Waals surface area (Å²) in [6.07, 6.45) is 1.61. The number of aromatic nitrogens is 3. The van der Waals surface area contributed by atoms with Crippen molar-refractivity contribution in [2.75, 3.05) is 11.9 Å². The zero-order valence-corrected chi connectivity index (χ0v) is 10.6. The van der Waals surface area contributed by atoms with Crippen molar-refractivity contribution in [3.8, 4) is 10.8 Å². The summed E-state index contributed by atoms with van der Waals surface area (Å²) in [7, 11) is 0. The summed E-state index contributed by atoms with van der Waals surface area (Å²) in [6.45, 7) is 4.78. The molecule has 16 heavy (non-hydrogen) atoms. The normalized spacial score (nSPS) is 10.4. The Balaban J connectivity index is 2.40. The fraction of sp³-hybridized carbons (Fsp3) is 0.300. The molecule has 0 aromatic carbocycles. The van der Waals surface area contributed by atoms with Crippen LogP contribution in [-0.4, -0.2) is 21.5 Å². The number of rotatable bonds is 3. The van der Waals surface area contributed by atoms with Gasteiger partial charge in [0, 0.05) is 18.3 Å². The van der Waals surface area contributed by atoms with E-state index < -0.39 is 0 Å². The standard InChI is InChI=1S/C10H11ClN4S/c1-3-12-8-4-6(2)14-9(15-8)10-13-5-7(11)16-10/h4-5H,3H2,1-2H3,(H,12,14,15). The molecule has 0 aliphatic heterocycles. The number of thiazole rings is 1. The minimum atomic E-state index is 0.618. The monoisotopic (exact) mass is 254 g/mol. The maximum absolute atomic E-state index is 5.84. The first-order chi connectivity index (χ1) is 7.69. The second kappa shape index (κ2) is 4.76. The van der Waals surface area contributed by atoms with Gasteiger partial charge in [0.2, 0.25) is 0 Å². The van der Waals surface area contributed by atoms with Gasteiger partial charge in [-0.3, -0.25) is 0 Å². The van der Waals surface area contributed by atoms with Crippen molar-refractivity contribution in [2.24, 2.45) is 0 Å². The Labute approximate surface area is 103 Å². The Morgan fingerprint density at radius 2 is 2.25 bits per heavy atom. The molecular formula is C10H11ClN4S. The molecule has 1 N–H and O–H groups in total. The van der Waals surface area contributed by atoms with Crippen LogP contribution in [0.4, 0.5) is 5.82 Å². The van der Waals surface area contributed by atoms with E-state index in [0.29, 0.717) is 10.2 Å². The lowest BCUT2D eigenvalue weighted by Crippen LogP contribution is -2.02. The first-order valence-corrected chi connectivity index (χ1v) is 6.09. The van der Waals surface area contributed by atoms with Gasteiger partial charge < -0.3 is 5.32 Å². The summed E-state index contributed by atoms with van der Waals surface area (Å²) in [5.41, 5.74) is 0.910. The van der Waals surface area contributed by atoms with Crippen molar-refractivity contribution in [1.82, 2.24) is 15.0 Å². The predicted molar refractivity (Wildman–Crippen MR) is 67.1 cm³/mol. The van der Waals surface area contributed by atoms with Gasteiger partial charge in [-0.05, 0) is 13.8 Å². The van der Waals surface area contributed by atoms with Crippen LogP contribution >= 0.6 is 22.9 Å². The quantitative estimate of drug-likeness (QED) is 0.915. The fourth-order valence-corrected chi connectivity index (χ4v) is 2.14. The van der Waals surface area contributed by atoms with Crippen molar-refractivity contribution < 1.29 is 0 Å². The molecule has 2 rings (SSSR count). The highest BCUT2D eigenvalue weighted by atomic mass is 35.5. The Morgan fingerprint density at radius 1 is 1.44 bits per heavy atom. The van der Waals surface area contributed by atoms with Gasteiger partial charge in [0.25, 0.3) is 0 Å². The molecule has 2 aromatic rings. The second-order valence-electron chi connectivity index (χ2n) is 3.22. The molecule has 0 radical (unpaired) electrons. The molecule has 0 bridgehead atoms. The number of anilines is 1. The third-order valence-electron chi connectivity index (χ3n) is 1.88. The van der Waals surface area contributed by atoms with Crippen molar-refractivity contribution >= 4 is 28.8 Å². The van der Waals surface area contributed by atoms with Crippen LogP contribution in [0.3, 0.4) is 0 Å². The highest BCUT2D eigenvalue weighted by molar-refractivity contribution is 7.18. The molecular weight excluding hydrogens is 244 g/mol. The minimum Gasteiger partial charge on any atom is -0.370 e. The Hall–Kier alpha value is -1.20. The molecule has 0 spiro atoms. The van der Waals surface area contributed by atoms with Gasteiger partial charge in [-0.15, -0.1) is 0 Å². The summed E-state index contributed by atoms with van der Waals surface area (Å²) in [5.74, 6) is 1.43. The number of aryl methyl sites for hydroxylation is 1. The first-order valence-electron chi connectivity index (χ1n) is 4.90. The maximum Gasteiger partial charge on any atom is 0.190 e. The average Bonchev–Trinajstić information content (AvgIpc) is 2.64. The molecule has 0 amide bonds. The summed E-state index contributed by atoms with van der Waals surface area (Å²) in [4.78, 5) is 12.9. The van der Waals surface area contributed by atoms with Gasteiger partial charge in [0.1, 0.15) is 10.2 Å². The molecule has 84 valence electrons. The molecule has 4 nitrogen and oxygen atoms in total. The van der Waals surface area contributed by atoms with E-state index in [1.165, 1.54) is 11.3 Å². The molecule has 0 aliphatic rings. The first kappa shape index (κ1) is 11.3. The van der Waals surface area contributed by atoms with Crippen LogP contribution in [0.2, 0.25) is 4.34 Å². The summed E-state index contributed by atoms with van der Waals surface area (Å²) < 4.78 is 0.644. The SMILES string of the molecule is CCNc1cc(C)nc(-c2ncc(Cl)s2)n1. The lowest BCUT2D eigenvalue weighted by atomic mass is 10.4. The Kier molecular flexibility index (Phi) is 3.36. The third-order valence-corrected chi connectivity index (χ3v) is 2.99. The van der Waals surface area contributed by atoms with Crippen LogP contribution in [0, 0.1) is 6.92 Å². The van der Waals surface area contributed by atoms with Crippen molar-refractivity contribution in [2.45, 2.75) is 13.8 Å². The van der Waals surface area contributed by atoms with Crippen LogP contribution in [0.5, 0.6) is 0 Å². The Morgan fingerprint density at radius 3 is 2.88 bits per heavy atom. The van der Waals surface area contributed by atoms with Crippen molar-refractivity contribution in [1.29, 1.82) is 0 Å². The van der Waals surface area contributed by atoms with Gasteiger partial charge in [-0.25, -0.2) is 15.0 Å². The van der Waals surface area contributed by atoms with Crippen molar-refractivity contribution in [3.05, 3.63) is 22.3 Å². The van der Waals surface area contributed by atoms with Gasteiger partial charge in [0.05, 0.1) is 6.20 Å². The molecule has 0 atom stereocenters. The summed E-state index contributed by atoms with van der Waals surface area (Å²) >= 11 is 7.21. The van der Waals surface area contributed by atoms with E-state index >= 15 is 0 Å². The van der Waals surface area contributed by atoms with Crippen LogP contribution in [0.25, 0.3) is 10.8 Å². The highest BCUT2D eigenvalue weighted by Crippen LogP contribution is 2.26. The van der Waals surface area contributed by atoms with E-state index in [4.69, 9.17) is 11.6 Å². The zero-order valence-electron chi connectivity index (χ0n) is 8.99. The predicted octanol–water partition coefficient (Wildman–Crippen LogP) is 2.99. The van der Waals surface area contributed by atoms with E-state index in [1.807, 2.05) is 19.9 Å². The number of hydrogen-bond acceptors (Lipinski definition) is 5. The van der Waals surface area contributed by atoms with Gasteiger partial charge in [0.15, 0.2) is 10.8 Å². The maximum atomic E-state index is 5.84. The smallest absolute Gasteiger partial charge is 0.190 e. The Bertz CT molecular complexity index is 497. The molecule has 2 aromatic heterocycles. The molecule has 0 fully saturated rings. The number of hydrogen-bond donors (Lipinski definition) is 1. The zero-order chi connectivity index (χ0) is 11.5. The largest absolute Gasteiger partial charge is 0.370 e.